The number of hydrogen-bond acceptors (Lipinski definition) is 5. The van der Waals surface area contributed by atoms with Crippen LogP contribution in [0.25, 0.3) is 0 Å². The van der Waals surface area contributed by atoms with E-state index in [2.05, 4.69) is 4.28 Å². The van der Waals surface area contributed by atoms with Gasteiger partial charge in [0.05, 0.1) is 7.11 Å². The van der Waals surface area contributed by atoms with E-state index >= 15 is 0 Å². The van der Waals surface area contributed by atoms with E-state index in [-0.39, 0.29) is 11.4 Å². The zero-order valence-corrected chi connectivity index (χ0v) is 10.5. The first-order chi connectivity index (χ1) is 7.90. The molecular weight excluding hydrogens is 266 g/mol. The highest BCUT2D eigenvalue weighted by molar-refractivity contribution is 7.81. The van der Waals surface area contributed by atoms with E-state index in [0.29, 0.717) is 5.75 Å². The molecule has 1 aromatic rings. The van der Waals surface area contributed by atoms with Gasteiger partial charge < -0.3 is 4.74 Å². The van der Waals surface area contributed by atoms with Crippen LogP contribution in [0.2, 0.25) is 0 Å². The van der Waals surface area contributed by atoms with Gasteiger partial charge >= 0.3 is 10.4 Å². The topological polar surface area (TPSA) is 84.9 Å². The largest absolute Gasteiger partial charge is 0.497 e. The Morgan fingerprint density at radius 2 is 2.24 bits per heavy atom. The summed E-state index contributed by atoms with van der Waals surface area (Å²) in [6.07, 6.45) is 0.266. The normalized spacial score (nSPS) is 10.9. The first-order valence-corrected chi connectivity index (χ1v) is 6.26. The van der Waals surface area contributed by atoms with Gasteiger partial charge in [0.1, 0.15) is 10.7 Å². The Balaban J connectivity index is 2.56. The fourth-order valence-electron chi connectivity index (χ4n) is 1.10. The predicted molar refractivity (Wildman–Crippen MR) is 65.1 cm³/mol. The van der Waals surface area contributed by atoms with Crippen molar-refractivity contribution in [2.45, 2.75) is 6.42 Å². The van der Waals surface area contributed by atoms with Gasteiger partial charge in [0.2, 0.25) is 0 Å². The molecule has 0 aliphatic rings. The summed E-state index contributed by atoms with van der Waals surface area (Å²) in [6.45, 7) is 0. The van der Waals surface area contributed by atoms with Gasteiger partial charge in [-0.1, -0.05) is 24.4 Å². The summed E-state index contributed by atoms with van der Waals surface area (Å²) < 4.78 is 37.8. The molecular formula is C9H11NO5S2. The zero-order chi connectivity index (χ0) is 12.9. The quantitative estimate of drug-likeness (QED) is 0.469. The molecule has 0 spiro atoms. The zero-order valence-electron chi connectivity index (χ0n) is 8.91. The predicted octanol–water partition coefficient (Wildman–Crippen LogP) is 0.889. The Morgan fingerprint density at radius 1 is 1.53 bits per heavy atom. The number of benzene rings is 1. The average molecular weight is 277 g/mol. The van der Waals surface area contributed by atoms with Crippen LogP contribution in [-0.2, 0) is 21.1 Å². The van der Waals surface area contributed by atoms with Gasteiger partial charge in [0.25, 0.3) is 0 Å². The second kappa shape index (κ2) is 5.92. The number of rotatable bonds is 5. The maximum Gasteiger partial charge on any atom is 0.418 e. The minimum Gasteiger partial charge on any atom is -0.497 e. The van der Waals surface area contributed by atoms with Crippen LogP contribution in [0.15, 0.2) is 24.3 Å². The molecule has 0 unspecified atom stereocenters. The lowest BCUT2D eigenvalue weighted by molar-refractivity contribution is 0.227. The van der Waals surface area contributed by atoms with Crippen molar-refractivity contribution < 1.29 is 22.0 Å². The van der Waals surface area contributed by atoms with E-state index in [1.807, 2.05) is 5.48 Å². The third-order valence-corrected chi connectivity index (χ3v) is 2.28. The molecule has 0 heterocycles. The molecule has 0 bridgehead atoms. The van der Waals surface area contributed by atoms with E-state index in [0.717, 1.165) is 5.56 Å². The Bertz CT molecular complexity index is 500. The number of ether oxygens (including phenoxy) is 1. The van der Waals surface area contributed by atoms with Gasteiger partial charge in [0.15, 0.2) is 0 Å². The van der Waals surface area contributed by atoms with Crippen molar-refractivity contribution in [2.75, 3.05) is 7.11 Å². The molecule has 17 heavy (non-hydrogen) atoms. The molecule has 8 heteroatoms. The molecule has 0 saturated heterocycles. The molecule has 0 aliphatic carbocycles. The molecule has 94 valence electrons. The molecule has 0 radical (unpaired) electrons. The molecule has 0 amide bonds. The highest BCUT2D eigenvalue weighted by Crippen LogP contribution is 2.13. The molecule has 1 rings (SSSR count). The lowest BCUT2D eigenvalue weighted by Gasteiger charge is -2.06. The molecule has 6 nitrogen and oxygen atoms in total. The lowest BCUT2D eigenvalue weighted by Crippen LogP contribution is -2.26. The van der Waals surface area contributed by atoms with Crippen LogP contribution in [0, 0.1) is 0 Å². The average Bonchev–Trinajstić information content (AvgIpc) is 2.26. The third-order valence-electron chi connectivity index (χ3n) is 1.76. The van der Waals surface area contributed by atoms with Crippen molar-refractivity contribution in [3.63, 3.8) is 0 Å². The van der Waals surface area contributed by atoms with Crippen LogP contribution in [0.1, 0.15) is 5.56 Å². The standard InChI is InChI=1S/C9H11NO5S2/c1-14-8-4-2-3-7(5-8)6-9(16)10-15-17(11,12)13/h2-5H,6H2,1H3,(H,10,16)(H,11,12,13). The summed E-state index contributed by atoms with van der Waals surface area (Å²) in [7, 11) is -3.01. The van der Waals surface area contributed by atoms with Gasteiger partial charge in [-0.25, -0.2) is 5.48 Å². The van der Waals surface area contributed by atoms with E-state index in [1.54, 1.807) is 24.3 Å². The molecule has 2 N–H and O–H groups in total. The highest BCUT2D eigenvalue weighted by atomic mass is 32.3. The van der Waals surface area contributed by atoms with E-state index in [4.69, 9.17) is 21.5 Å². The Hall–Kier alpha value is -1.22. The maximum atomic E-state index is 10.3. The van der Waals surface area contributed by atoms with Crippen LogP contribution < -0.4 is 10.2 Å². The Labute approximate surface area is 104 Å². The highest BCUT2D eigenvalue weighted by Gasteiger charge is 2.07. The summed E-state index contributed by atoms with van der Waals surface area (Å²) in [5.41, 5.74) is 2.78. The van der Waals surface area contributed by atoms with Crippen LogP contribution in [0.5, 0.6) is 5.75 Å². The summed E-state index contributed by atoms with van der Waals surface area (Å²) in [5, 5.41) is 0. The van der Waals surface area contributed by atoms with Crippen molar-refractivity contribution >= 4 is 27.6 Å². The number of methoxy groups -OCH3 is 1. The number of hydroxylamine groups is 1. The molecule has 0 fully saturated rings. The minimum atomic E-state index is -4.55. The minimum absolute atomic E-state index is 0.121. The smallest absolute Gasteiger partial charge is 0.418 e. The Kier molecular flexibility index (Phi) is 4.82. The third kappa shape index (κ3) is 5.59. The molecule has 0 atom stereocenters. The fraction of sp³-hybridized carbons (Fsp3) is 0.222. The second-order valence-electron chi connectivity index (χ2n) is 3.06. The van der Waals surface area contributed by atoms with E-state index in [9.17, 15) is 8.42 Å². The van der Waals surface area contributed by atoms with Gasteiger partial charge in [-0.05, 0) is 17.7 Å². The van der Waals surface area contributed by atoms with Crippen LogP contribution in [0.4, 0.5) is 0 Å². The summed E-state index contributed by atoms with van der Waals surface area (Å²) in [5.74, 6) is 0.668. The SMILES string of the molecule is COc1cccc(CC(=S)NOS(=O)(=O)O)c1. The monoisotopic (exact) mass is 277 g/mol. The Morgan fingerprint density at radius 3 is 2.82 bits per heavy atom. The maximum absolute atomic E-state index is 10.3. The second-order valence-corrected chi connectivity index (χ2v) is 4.58. The first kappa shape index (κ1) is 13.8. The number of thiocarbonyl (C=S) groups is 1. The lowest BCUT2D eigenvalue weighted by atomic mass is 10.1. The summed E-state index contributed by atoms with van der Waals surface area (Å²) in [4.78, 5) is 0.121. The van der Waals surface area contributed by atoms with Gasteiger partial charge in [-0.3, -0.25) is 4.55 Å². The van der Waals surface area contributed by atoms with Crippen molar-refractivity contribution in [1.82, 2.24) is 5.48 Å². The molecule has 0 aliphatic heterocycles. The fourth-order valence-corrected chi connectivity index (χ4v) is 1.57. The van der Waals surface area contributed by atoms with Crippen molar-refractivity contribution in [3.8, 4) is 5.75 Å². The van der Waals surface area contributed by atoms with Crippen LogP contribution >= 0.6 is 12.2 Å². The molecule has 1 aromatic carbocycles. The first-order valence-electron chi connectivity index (χ1n) is 4.48. The van der Waals surface area contributed by atoms with E-state index in [1.165, 1.54) is 7.11 Å². The number of hydrogen-bond donors (Lipinski definition) is 2. The summed E-state index contributed by atoms with van der Waals surface area (Å²) >= 11 is 4.83. The van der Waals surface area contributed by atoms with Crippen molar-refractivity contribution in [2.24, 2.45) is 0 Å². The van der Waals surface area contributed by atoms with E-state index < -0.39 is 10.4 Å². The summed E-state index contributed by atoms with van der Waals surface area (Å²) in [6, 6.07) is 7.10. The molecule has 0 aromatic heterocycles. The van der Waals surface area contributed by atoms with Gasteiger partial charge in [-0.2, -0.15) is 8.42 Å². The van der Waals surface area contributed by atoms with Crippen molar-refractivity contribution in [1.29, 1.82) is 0 Å². The molecule has 0 saturated carbocycles. The van der Waals surface area contributed by atoms with Gasteiger partial charge in [0, 0.05) is 6.42 Å². The number of nitrogens with one attached hydrogen (secondary N) is 1. The van der Waals surface area contributed by atoms with Crippen LogP contribution in [-0.4, -0.2) is 25.1 Å². The van der Waals surface area contributed by atoms with Gasteiger partial charge in [-0.15, -0.1) is 4.28 Å². The van der Waals surface area contributed by atoms with Crippen LogP contribution in [0.3, 0.4) is 0 Å². The van der Waals surface area contributed by atoms with Crippen molar-refractivity contribution in [3.05, 3.63) is 29.8 Å².